The highest BCUT2D eigenvalue weighted by Crippen LogP contribution is 2.50. The van der Waals surface area contributed by atoms with Crippen molar-refractivity contribution in [1.29, 1.82) is 0 Å². The number of hydrogen-bond acceptors (Lipinski definition) is 3. The number of likely N-dealkylation sites (tertiary alicyclic amines) is 1. The fourth-order valence-corrected chi connectivity index (χ4v) is 4.21. The molecule has 1 amide bonds. The number of nitrogens with zero attached hydrogens (tertiary/aromatic N) is 4. The van der Waals surface area contributed by atoms with Gasteiger partial charge in [-0.3, -0.25) is 9.48 Å². The van der Waals surface area contributed by atoms with Gasteiger partial charge in [0.15, 0.2) is 0 Å². The molecule has 1 aliphatic carbocycles. The maximum atomic E-state index is 13.2. The van der Waals surface area contributed by atoms with E-state index in [1.54, 1.807) is 12.7 Å². The molecule has 1 aromatic carbocycles. The lowest BCUT2D eigenvalue weighted by Crippen LogP contribution is -2.44. The fourth-order valence-electron chi connectivity index (χ4n) is 4.21. The largest absolute Gasteiger partial charge is 0.342 e. The van der Waals surface area contributed by atoms with Crippen molar-refractivity contribution in [2.45, 2.75) is 51.5 Å². The van der Waals surface area contributed by atoms with E-state index in [0.717, 1.165) is 45.3 Å². The highest BCUT2D eigenvalue weighted by molar-refractivity contribution is 5.91. The Morgan fingerprint density at radius 2 is 1.84 bits per heavy atom. The Kier molecular flexibility index (Phi) is 4.10. The molecule has 2 fully saturated rings. The van der Waals surface area contributed by atoms with Crippen LogP contribution in [0.1, 0.15) is 42.4 Å². The molecule has 2 aromatic rings. The van der Waals surface area contributed by atoms with Crippen molar-refractivity contribution in [2.24, 2.45) is 5.92 Å². The second kappa shape index (κ2) is 6.28. The Bertz CT molecular complexity index is 736. The molecule has 25 heavy (non-hydrogen) atoms. The van der Waals surface area contributed by atoms with E-state index in [-0.39, 0.29) is 5.41 Å². The summed E-state index contributed by atoms with van der Waals surface area (Å²) in [6.07, 6.45) is 7.44. The van der Waals surface area contributed by atoms with Gasteiger partial charge in [-0.2, -0.15) is 5.10 Å². The van der Waals surface area contributed by atoms with E-state index in [9.17, 15) is 4.79 Å². The third kappa shape index (κ3) is 3.20. The van der Waals surface area contributed by atoms with Gasteiger partial charge < -0.3 is 4.90 Å². The van der Waals surface area contributed by atoms with Crippen molar-refractivity contribution >= 4 is 5.91 Å². The van der Waals surface area contributed by atoms with E-state index in [0.29, 0.717) is 11.8 Å². The first-order valence-electron chi connectivity index (χ1n) is 9.27. The number of amides is 1. The van der Waals surface area contributed by atoms with Crippen molar-refractivity contribution in [2.75, 3.05) is 13.1 Å². The minimum absolute atomic E-state index is 0.241. The van der Waals surface area contributed by atoms with Crippen LogP contribution >= 0.6 is 0 Å². The summed E-state index contributed by atoms with van der Waals surface area (Å²) < 4.78 is 1.90. The van der Waals surface area contributed by atoms with Crippen LogP contribution in [0.5, 0.6) is 0 Å². The van der Waals surface area contributed by atoms with Crippen molar-refractivity contribution in [3.63, 3.8) is 0 Å². The lowest BCUT2D eigenvalue weighted by molar-refractivity contribution is -0.135. The lowest BCUT2D eigenvalue weighted by atomic mass is 9.89. The van der Waals surface area contributed by atoms with E-state index in [2.05, 4.69) is 47.0 Å². The van der Waals surface area contributed by atoms with E-state index in [1.807, 2.05) is 4.68 Å². The van der Waals surface area contributed by atoms with Crippen LogP contribution in [0.4, 0.5) is 0 Å². The molecule has 0 N–H and O–H groups in total. The maximum absolute atomic E-state index is 13.2. The molecule has 1 aromatic heterocycles. The molecule has 2 heterocycles. The summed E-state index contributed by atoms with van der Waals surface area (Å²) in [5, 5.41) is 4.19. The van der Waals surface area contributed by atoms with Crippen LogP contribution in [0.3, 0.4) is 0 Å². The summed E-state index contributed by atoms with van der Waals surface area (Å²) in [7, 11) is 0. The summed E-state index contributed by atoms with van der Waals surface area (Å²) in [6, 6.07) is 6.59. The molecule has 1 saturated carbocycles. The Hall–Kier alpha value is -2.17. The second-order valence-electron chi connectivity index (χ2n) is 7.81. The third-order valence-electron chi connectivity index (χ3n) is 5.75. The monoisotopic (exact) mass is 338 g/mol. The molecule has 5 nitrogen and oxygen atoms in total. The fraction of sp³-hybridized carbons (Fsp3) is 0.550. The second-order valence-corrected chi connectivity index (χ2v) is 7.81. The van der Waals surface area contributed by atoms with Crippen LogP contribution in [0.15, 0.2) is 30.9 Å². The number of rotatable bonds is 4. The number of aryl methyl sites for hydroxylation is 2. The first-order valence-corrected chi connectivity index (χ1v) is 9.27. The van der Waals surface area contributed by atoms with E-state index in [4.69, 9.17) is 0 Å². The van der Waals surface area contributed by atoms with E-state index in [1.165, 1.54) is 16.7 Å². The van der Waals surface area contributed by atoms with Crippen LogP contribution in [0, 0.1) is 19.8 Å². The summed E-state index contributed by atoms with van der Waals surface area (Å²) in [6.45, 7) is 6.87. The van der Waals surface area contributed by atoms with Crippen LogP contribution in [-0.4, -0.2) is 38.7 Å². The number of benzene rings is 1. The van der Waals surface area contributed by atoms with Gasteiger partial charge in [0, 0.05) is 19.6 Å². The normalized spacial score (nSPS) is 19.8. The first kappa shape index (κ1) is 16.3. The number of aromatic nitrogens is 3. The molecule has 132 valence electrons. The van der Waals surface area contributed by atoms with Gasteiger partial charge in [-0.15, -0.1) is 0 Å². The zero-order valence-electron chi connectivity index (χ0n) is 15.1. The van der Waals surface area contributed by atoms with Crippen LogP contribution < -0.4 is 0 Å². The smallest absolute Gasteiger partial charge is 0.233 e. The maximum Gasteiger partial charge on any atom is 0.233 e. The van der Waals surface area contributed by atoms with Gasteiger partial charge in [0.2, 0.25) is 5.91 Å². The Morgan fingerprint density at radius 1 is 1.16 bits per heavy atom. The Morgan fingerprint density at radius 3 is 2.40 bits per heavy atom. The highest BCUT2D eigenvalue weighted by atomic mass is 16.2. The van der Waals surface area contributed by atoms with Gasteiger partial charge in [0.05, 0.1) is 5.41 Å². The standard InChI is InChI=1S/C20H26N4O/c1-15-9-16(2)11-18(10-15)20(5-6-20)19(25)23-7-3-17(4-8-23)12-24-14-21-13-22-24/h9-11,13-14,17H,3-8,12H2,1-2H3. The van der Waals surface area contributed by atoms with Crippen LogP contribution in [0.2, 0.25) is 0 Å². The minimum atomic E-state index is -0.241. The van der Waals surface area contributed by atoms with Gasteiger partial charge >= 0.3 is 0 Å². The number of hydrogen-bond donors (Lipinski definition) is 0. The first-order chi connectivity index (χ1) is 12.1. The summed E-state index contributed by atoms with van der Waals surface area (Å²) in [5.74, 6) is 0.929. The molecule has 1 saturated heterocycles. The molecule has 0 radical (unpaired) electrons. The Balaban J connectivity index is 1.42. The molecular formula is C20H26N4O. The Labute approximate surface area is 149 Å². The minimum Gasteiger partial charge on any atom is -0.342 e. The predicted molar refractivity (Wildman–Crippen MR) is 96.2 cm³/mol. The quantitative estimate of drug-likeness (QED) is 0.861. The highest BCUT2D eigenvalue weighted by Gasteiger charge is 2.53. The molecule has 2 aliphatic rings. The molecule has 0 atom stereocenters. The SMILES string of the molecule is Cc1cc(C)cc(C2(C(=O)N3CCC(Cn4cncn4)CC3)CC2)c1. The molecule has 0 unspecified atom stereocenters. The number of carbonyl (C=O) groups excluding carboxylic acids is 1. The van der Waals surface area contributed by atoms with Crippen molar-refractivity contribution in [3.8, 4) is 0 Å². The average Bonchev–Trinajstić information content (AvgIpc) is 3.25. The van der Waals surface area contributed by atoms with E-state index >= 15 is 0 Å². The molecule has 0 bridgehead atoms. The van der Waals surface area contributed by atoms with Crippen LogP contribution in [0.25, 0.3) is 0 Å². The molecule has 1 aliphatic heterocycles. The molecule has 4 rings (SSSR count). The van der Waals surface area contributed by atoms with Gasteiger partial charge in [-0.05, 0) is 51.0 Å². The summed E-state index contributed by atoms with van der Waals surface area (Å²) in [4.78, 5) is 19.3. The predicted octanol–water partition coefficient (Wildman–Crippen LogP) is 2.87. The summed E-state index contributed by atoms with van der Waals surface area (Å²) >= 11 is 0. The average molecular weight is 338 g/mol. The lowest BCUT2D eigenvalue weighted by Gasteiger charge is -2.34. The van der Waals surface area contributed by atoms with Gasteiger partial charge in [0.25, 0.3) is 0 Å². The topological polar surface area (TPSA) is 51.0 Å². The summed E-state index contributed by atoms with van der Waals surface area (Å²) in [5.41, 5.74) is 3.48. The van der Waals surface area contributed by atoms with Crippen molar-refractivity contribution in [3.05, 3.63) is 47.5 Å². The number of carbonyl (C=O) groups is 1. The van der Waals surface area contributed by atoms with Crippen molar-refractivity contribution in [1.82, 2.24) is 19.7 Å². The van der Waals surface area contributed by atoms with E-state index < -0.39 is 0 Å². The van der Waals surface area contributed by atoms with Gasteiger partial charge in [0.1, 0.15) is 12.7 Å². The van der Waals surface area contributed by atoms with Crippen LogP contribution in [-0.2, 0) is 16.8 Å². The van der Waals surface area contributed by atoms with Gasteiger partial charge in [-0.1, -0.05) is 29.3 Å². The molecule has 0 spiro atoms. The van der Waals surface area contributed by atoms with Gasteiger partial charge in [-0.25, -0.2) is 4.98 Å². The molecular weight excluding hydrogens is 312 g/mol. The number of piperidine rings is 1. The zero-order valence-corrected chi connectivity index (χ0v) is 15.1. The molecule has 5 heteroatoms. The third-order valence-corrected chi connectivity index (χ3v) is 5.75. The zero-order chi connectivity index (χ0) is 17.4. The van der Waals surface area contributed by atoms with Crippen molar-refractivity contribution < 1.29 is 4.79 Å².